The summed E-state index contributed by atoms with van der Waals surface area (Å²) >= 11 is 0. The van der Waals surface area contributed by atoms with E-state index in [2.05, 4.69) is 15.1 Å². The van der Waals surface area contributed by atoms with Crippen molar-refractivity contribution in [1.82, 2.24) is 15.1 Å². The summed E-state index contributed by atoms with van der Waals surface area (Å²) in [5, 5.41) is 8.77. The highest BCUT2D eigenvalue weighted by Gasteiger charge is 2.30. The van der Waals surface area contributed by atoms with Crippen LogP contribution < -0.4 is 9.47 Å². The fourth-order valence-electron chi connectivity index (χ4n) is 4.15. The molecule has 1 atom stereocenters. The van der Waals surface area contributed by atoms with Crippen LogP contribution in [0.5, 0.6) is 11.5 Å². The minimum absolute atomic E-state index is 0.176. The molecule has 0 bridgehead atoms. The molecule has 29 heavy (non-hydrogen) atoms. The molecule has 0 saturated carbocycles. The zero-order chi connectivity index (χ0) is 19.9. The highest BCUT2D eigenvalue weighted by atomic mass is 16.5. The number of ether oxygens (including phenoxy) is 3. The van der Waals surface area contributed by atoms with Crippen LogP contribution in [0.15, 0.2) is 28.7 Å². The highest BCUT2D eigenvalue weighted by Crippen LogP contribution is 2.33. The number of hydrogen-bond donors (Lipinski definition) is 0. The van der Waals surface area contributed by atoms with Crippen LogP contribution in [0.4, 0.5) is 0 Å². The summed E-state index contributed by atoms with van der Waals surface area (Å²) in [4.78, 5) is 2.41. The number of para-hydroxylation sites is 2. The first-order valence-electron chi connectivity index (χ1n) is 10.8. The first-order chi connectivity index (χ1) is 14.3. The maximum atomic E-state index is 6.13. The minimum atomic E-state index is 0.176. The molecule has 0 radical (unpaired) electrons. The molecule has 1 aromatic carbocycles. The third-order valence-corrected chi connectivity index (χ3v) is 5.71. The molecule has 7 heteroatoms. The van der Waals surface area contributed by atoms with Crippen LogP contribution in [-0.4, -0.2) is 54.6 Å². The van der Waals surface area contributed by atoms with Gasteiger partial charge in [0.25, 0.3) is 0 Å². The zero-order valence-electron chi connectivity index (χ0n) is 17.2. The highest BCUT2D eigenvalue weighted by molar-refractivity contribution is 5.39. The van der Waals surface area contributed by atoms with Crippen LogP contribution >= 0.6 is 0 Å². The first kappa shape index (κ1) is 20.2. The Bertz CT molecular complexity index is 760. The number of piperidine rings is 1. The lowest BCUT2D eigenvalue weighted by Gasteiger charge is -2.33. The van der Waals surface area contributed by atoms with E-state index in [0.717, 1.165) is 68.8 Å². The van der Waals surface area contributed by atoms with Gasteiger partial charge in [-0.3, -0.25) is 4.90 Å². The second kappa shape index (κ2) is 10.1. The molecule has 0 N–H and O–H groups in total. The van der Waals surface area contributed by atoms with Crippen molar-refractivity contribution in [2.75, 3.05) is 39.5 Å². The molecule has 0 spiro atoms. The number of aromatic nitrogens is 2. The van der Waals surface area contributed by atoms with Crippen molar-refractivity contribution in [3.05, 3.63) is 36.0 Å². The van der Waals surface area contributed by atoms with E-state index in [-0.39, 0.29) is 6.04 Å². The van der Waals surface area contributed by atoms with Gasteiger partial charge in [0, 0.05) is 25.7 Å². The summed E-state index contributed by atoms with van der Waals surface area (Å²) < 4.78 is 23.3. The van der Waals surface area contributed by atoms with Gasteiger partial charge < -0.3 is 18.6 Å². The normalized spacial score (nSPS) is 21.2. The molecule has 3 heterocycles. The molecule has 2 aliphatic rings. The fourth-order valence-corrected chi connectivity index (χ4v) is 4.15. The number of hydrogen-bond acceptors (Lipinski definition) is 7. The largest absolute Gasteiger partial charge is 0.490 e. The van der Waals surface area contributed by atoms with Gasteiger partial charge in [0.1, 0.15) is 6.61 Å². The van der Waals surface area contributed by atoms with Gasteiger partial charge in [-0.1, -0.05) is 18.6 Å². The van der Waals surface area contributed by atoms with E-state index in [0.29, 0.717) is 19.1 Å². The SMILES string of the molecule is CCOc1ccccc1OCCN1CCCC[C@H]1c1nnc(C2CCOCC2)o1. The Balaban J connectivity index is 1.36. The van der Waals surface area contributed by atoms with Gasteiger partial charge in [0.2, 0.25) is 11.8 Å². The van der Waals surface area contributed by atoms with E-state index < -0.39 is 0 Å². The molecule has 158 valence electrons. The molecule has 2 aliphatic heterocycles. The van der Waals surface area contributed by atoms with Crippen molar-refractivity contribution in [3.63, 3.8) is 0 Å². The van der Waals surface area contributed by atoms with Gasteiger partial charge in [0.05, 0.1) is 12.6 Å². The fraction of sp³-hybridized carbons (Fsp3) is 0.636. The van der Waals surface area contributed by atoms with Crippen LogP contribution in [0, 0.1) is 0 Å². The number of rotatable bonds is 8. The molecule has 1 aromatic heterocycles. The van der Waals surface area contributed by atoms with E-state index in [1.807, 2.05) is 31.2 Å². The lowest BCUT2D eigenvalue weighted by molar-refractivity contribution is 0.0761. The Kier molecular flexibility index (Phi) is 7.00. The van der Waals surface area contributed by atoms with Crippen LogP contribution in [0.25, 0.3) is 0 Å². The van der Waals surface area contributed by atoms with Crippen molar-refractivity contribution in [1.29, 1.82) is 0 Å². The number of likely N-dealkylation sites (tertiary alicyclic amines) is 1. The van der Waals surface area contributed by atoms with Crippen molar-refractivity contribution in [3.8, 4) is 11.5 Å². The smallest absolute Gasteiger partial charge is 0.233 e. The molecule has 4 rings (SSSR count). The maximum Gasteiger partial charge on any atom is 0.233 e. The quantitative estimate of drug-likeness (QED) is 0.663. The van der Waals surface area contributed by atoms with Gasteiger partial charge in [-0.15, -0.1) is 10.2 Å². The van der Waals surface area contributed by atoms with Crippen molar-refractivity contribution in [2.24, 2.45) is 0 Å². The molecular formula is C22H31N3O4. The first-order valence-corrected chi connectivity index (χ1v) is 10.8. The Morgan fingerprint density at radius 1 is 1.00 bits per heavy atom. The van der Waals surface area contributed by atoms with Crippen LogP contribution in [0.3, 0.4) is 0 Å². The monoisotopic (exact) mass is 401 g/mol. The standard InChI is InChI=1S/C22H31N3O4/c1-2-27-19-8-3-4-9-20(19)28-16-13-25-12-6-5-7-18(25)22-24-23-21(29-22)17-10-14-26-15-11-17/h3-4,8-9,17-18H,2,5-7,10-16H2,1H3/t18-/m0/s1. The van der Waals surface area contributed by atoms with Gasteiger partial charge in [-0.25, -0.2) is 0 Å². The molecular weight excluding hydrogens is 370 g/mol. The van der Waals surface area contributed by atoms with Crippen LogP contribution in [-0.2, 0) is 4.74 Å². The molecule has 7 nitrogen and oxygen atoms in total. The molecule has 0 amide bonds. The third-order valence-electron chi connectivity index (χ3n) is 5.71. The Hall–Kier alpha value is -2.12. The van der Waals surface area contributed by atoms with Gasteiger partial charge in [0.15, 0.2) is 11.5 Å². The van der Waals surface area contributed by atoms with Crippen molar-refractivity contribution in [2.45, 2.75) is 51.0 Å². The lowest BCUT2D eigenvalue weighted by atomic mass is 10.0. The number of benzene rings is 1. The third kappa shape index (κ3) is 5.08. The summed E-state index contributed by atoms with van der Waals surface area (Å²) in [5.74, 6) is 3.45. The second-order valence-corrected chi connectivity index (χ2v) is 7.64. The van der Waals surface area contributed by atoms with E-state index >= 15 is 0 Å². The predicted octanol–water partition coefficient (Wildman–Crippen LogP) is 3.97. The van der Waals surface area contributed by atoms with Crippen molar-refractivity contribution < 1.29 is 18.6 Å². The second-order valence-electron chi connectivity index (χ2n) is 7.64. The topological polar surface area (TPSA) is 69.9 Å². The average molecular weight is 402 g/mol. The van der Waals surface area contributed by atoms with Gasteiger partial charge in [-0.2, -0.15) is 0 Å². The molecule has 2 saturated heterocycles. The Morgan fingerprint density at radius 2 is 1.76 bits per heavy atom. The van der Waals surface area contributed by atoms with E-state index in [9.17, 15) is 0 Å². The van der Waals surface area contributed by atoms with Gasteiger partial charge in [-0.05, 0) is 51.3 Å². The summed E-state index contributed by atoms with van der Waals surface area (Å²) in [7, 11) is 0. The minimum Gasteiger partial charge on any atom is -0.490 e. The van der Waals surface area contributed by atoms with Crippen LogP contribution in [0.1, 0.15) is 62.8 Å². The lowest BCUT2D eigenvalue weighted by Crippen LogP contribution is -2.36. The molecule has 2 aromatic rings. The summed E-state index contributed by atoms with van der Waals surface area (Å²) in [6.07, 6.45) is 5.34. The van der Waals surface area contributed by atoms with Gasteiger partial charge >= 0.3 is 0 Å². The van der Waals surface area contributed by atoms with E-state index in [4.69, 9.17) is 18.6 Å². The predicted molar refractivity (Wildman–Crippen MR) is 108 cm³/mol. The van der Waals surface area contributed by atoms with Crippen molar-refractivity contribution >= 4 is 0 Å². The number of nitrogens with zero attached hydrogens (tertiary/aromatic N) is 3. The molecule has 0 unspecified atom stereocenters. The zero-order valence-corrected chi connectivity index (χ0v) is 17.2. The summed E-state index contributed by atoms with van der Waals surface area (Å²) in [6.45, 7) is 6.60. The van der Waals surface area contributed by atoms with Crippen LogP contribution in [0.2, 0.25) is 0 Å². The van der Waals surface area contributed by atoms with E-state index in [1.54, 1.807) is 0 Å². The molecule has 0 aliphatic carbocycles. The average Bonchev–Trinajstić information content (AvgIpc) is 3.26. The summed E-state index contributed by atoms with van der Waals surface area (Å²) in [6, 6.07) is 8.01. The Morgan fingerprint density at radius 3 is 2.55 bits per heavy atom. The Labute approximate surface area is 172 Å². The summed E-state index contributed by atoms with van der Waals surface area (Å²) in [5.41, 5.74) is 0. The maximum absolute atomic E-state index is 6.13. The molecule has 2 fully saturated rings. The van der Waals surface area contributed by atoms with E-state index in [1.165, 1.54) is 12.8 Å².